The number of nitrogens with zero attached hydrogens (tertiary/aromatic N) is 1. The Hall–Kier alpha value is -2.60. The molecule has 0 bridgehead atoms. The summed E-state index contributed by atoms with van der Waals surface area (Å²) in [6, 6.07) is 14.6. The molecule has 0 aliphatic rings. The summed E-state index contributed by atoms with van der Waals surface area (Å²) in [6.07, 6.45) is 2.24. The van der Waals surface area contributed by atoms with Gasteiger partial charge in [-0.25, -0.2) is 4.39 Å². The molecule has 1 N–H and O–H groups in total. The zero-order valence-electron chi connectivity index (χ0n) is 10.2. The summed E-state index contributed by atoms with van der Waals surface area (Å²) in [5.74, 6) is -0.241. The van der Waals surface area contributed by atoms with Crippen molar-refractivity contribution in [3.63, 3.8) is 0 Å². The van der Waals surface area contributed by atoms with Gasteiger partial charge >= 0.3 is 0 Å². The summed E-state index contributed by atoms with van der Waals surface area (Å²) < 4.78 is 13.2. The molecule has 3 rings (SSSR count). The van der Waals surface area contributed by atoms with Crippen LogP contribution in [0.4, 0.5) is 4.39 Å². The van der Waals surface area contributed by atoms with Crippen molar-refractivity contribution in [3.05, 3.63) is 60.0 Å². The van der Waals surface area contributed by atoms with E-state index < -0.39 is 0 Å². The predicted octanol–water partition coefficient (Wildman–Crippen LogP) is 4.04. The van der Waals surface area contributed by atoms with E-state index in [4.69, 9.17) is 5.26 Å². The second-order valence-corrected chi connectivity index (χ2v) is 4.42. The van der Waals surface area contributed by atoms with Gasteiger partial charge in [0.15, 0.2) is 0 Å². The van der Waals surface area contributed by atoms with Gasteiger partial charge in [0.05, 0.1) is 12.5 Å². The maximum Gasteiger partial charge on any atom is 0.123 e. The lowest BCUT2D eigenvalue weighted by atomic mass is 10.0. The van der Waals surface area contributed by atoms with Crippen LogP contribution in [-0.2, 0) is 6.42 Å². The molecular formula is C16H11FN2. The molecule has 0 aliphatic carbocycles. The zero-order valence-corrected chi connectivity index (χ0v) is 10.2. The lowest BCUT2D eigenvalue weighted by Crippen LogP contribution is -1.81. The van der Waals surface area contributed by atoms with E-state index in [0.717, 1.165) is 27.6 Å². The fourth-order valence-corrected chi connectivity index (χ4v) is 2.27. The van der Waals surface area contributed by atoms with Gasteiger partial charge in [-0.1, -0.05) is 24.3 Å². The highest BCUT2D eigenvalue weighted by Gasteiger charge is 2.05. The summed E-state index contributed by atoms with van der Waals surface area (Å²) in [6.45, 7) is 0. The second-order valence-electron chi connectivity index (χ2n) is 4.42. The van der Waals surface area contributed by atoms with E-state index in [1.54, 1.807) is 6.07 Å². The van der Waals surface area contributed by atoms with Crippen LogP contribution in [0.3, 0.4) is 0 Å². The summed E-state index contributed by atoms with van der Waals surface area (Å²) in [5, 5.41) is 9.80. The number of fused-ring (bicyclic) bond motifs is 1. The molecule has 92 valence electrons. The average Bonchev–Trinajstić information content (AvgIpc) is 2.82. The number of nitrogens with one attached hydrogen (secondary N) is 1. The minimum Gasteiger partial charge on any atom is -0.361 e. The quantitative estimate of drug-likeness (QED) is 0.732. The molecule has 0 atom stereocenters. The molecule has 0 fully saturated rings. The van der Waals surface area contributed by atoms with E-state index in [1.165, 1.54) is 12.1 Å². The smallest absolute Gasteiger partial charge is 0.123 e. The highest BCUT2D eigenvalue weighted by atomic mass is 19.1. The molecule has 0 spiro atoms. The Balaban J connectivity index is 2.10. The summed E-state index contributed by atoms with van der Waals surface area (Å²) in [4.78, 5) is 3.15. The Bertz CT molecular complexity index is 781. The van der Waals surface area contributed by atoms with Crippen LogP contribution in [-0.4, -0.2) is 4.98 Å². The van der Waals surface area contributed by atoms with Crippen molar-refractivity contribution >= 4 is 10.9 Å². The highest BCUT2D eigenvalue weighted by molar-refractivity contribution is 5.87. The van der Waals surface area contributed by atoms with Crippen molar-refractivity contribution in [2.24, 2.45) is 0 Å². The van der Waals surface area contributed by atoms with Gasteiger partial charge in [-0.2, -0.15) is 5.26 Å². The number of H-pyrrole nitrogens is 1. The van der Waals surface area contributed by atoms with E-state index in [2.05, 4.69) is 11.1 Å². The van der Waals surface area contributed by atoms with Gasteiger partial charge in [-0.15, -0.1) is 0 Å². The molecule has 3 aromatic rings. The highest BCUT2D eigenvalue weighted by Crippen LogP contribution is 2.26. The van der Waals surface area contributed by atoms with Gasteiger partial charge in [-0.3, -0.25) is 0 Å². The van der Waals surface area contributed by atoms with Crippen LogP contribution in [0.5, 0.6) is 0 Å². The Morgan fingerprint density at radius 2 is 1.95 bits per heavy atom. The fourth-order valence-electron chi connectivity index (χ4n) is 2.27. The fraction of sp³-hybridized carbons (Fsp3) is 0.0625. The van der Waals surface area contributed by atoms with Crippen LogP contribution in [0.15, 0.2) is 48.7 Å². The van der Waals surface area contributed by atoms with Gasteiger partial charge < -0.3 is 4.98 Å². The summed E-state index contributed by atoms with van der Waals surface area (Å²) >= 11 is 0. The Morgan fingerprint density at radius 3 is 2.74 bits per heavy atom. The Kier molecular flexibility index (Phi) is 2.77. The lowest BCUT2D eigenvalue weighted by molar-refractivity contribution is 0.628. The molecule has 19 heavy (non-hydrogen) atoms. The van der Waals surface area contributed by atoms with Crippen molar-refractivity contribution < 1.29 is 4.39 Å². The third-order valence-corrected chi connectivity index (χ3v) is 3.19. The first-order valence-electron chi connectivity index (χ1n) is 6.01. The number of benzene rings is 2. The maximum atomic E-state index is 13.2. The first kappa shape index (κ1) is 11.5. The SMILES string of the molecule is N#CCc1c[nH]c2cc(-c3cccc(F)c3)ccc12. The molecule has 3 heteroatoms. The molecule has 0 unspecified atom stereocenters. The number of hydrogen-bond donors (Lipinski definition) is 1. The molecule has 2 aromatic carbocycles. The molecule has 0 saturated carbocycles. The standard InChI is InChI=1S/C16H11FN2/c17-14-3-1-2-11(8-14)12-4-5-15-13(6-7-18)10-19-16(15)9-12/h1-5,8-10,19H,6H2. The number of nitriles is 1. The van der Waals surface area contributed by atoms with Crippen molar-refractivity contribution in [2.45, 2.75) is 6.42 Å². The summed E-state index contributed by atoms with van der Waals surface area (Å²) in [7, 11) is 0. The van der Waals surface area contributed by atoms with E-state index in [9.17, 15) is 4.39 Å². The molecule has 0 radical (unpaired) electrons. The van der Waals surface area contributed by atoms with Gasteiger partial charge in [0, 0.05) is 17.1 Å². The molecular weight excluding hydrogens is 239 g/mol. The van der Waals surface area contributed by atoms with Crippen molar-refractivity contribution in [3.8, 4) is 17.2 Å². The predicted molar refractivity (Wildman–Crippen MR) is 73.0 cm³/mol. The topological polar surface area (TPSA) is 39.6 Å². The maximum absolute atomic E-state index is 13.2. The van der Waals surface area contributed by atoms with Gasteiger partial charge in [0.25, 0.3) is 0 Å². The van der Waals surface area contributed by atoms with Crippen molar-refractivity contribution in [2.75, 3.05) is 0 Å². The van der Waals surface area contributed by atoms with Crippen LogP contribution in [0.1, 0.15) is 5.56 Å². The van der Waals surface area contributed by atoms with Gasteiger partial charge in [0.1, 0.15) is 5.82 Å². The van der Waals surface area contributed by atoms with Crippen LogP contribution in [0.2, 0.25) is 0 Å². The van der Waals surface area contributed by atoms with E-state index in [0.29, 0.717) is 6.42 Å². The van der Waals surface area contributed by atoms with Crippen molar-refractivity contribution in [1.82, 2.24) is 4.98 Å². The van der Waals surface area contributed by atoms with Gasteiger partial charge in [-0.05, 0) is 34.9 Å². The van der Waals surface area contributed by atoms with Crippen LogP contribution in [0, 0.1) is 17.1 Å². The Morgan fingerprint density at radius 1 is 1.11 bits per heavy atom. The third kappa shape index (κ3) is 2.09. The lowest BCUT2D eigenvalue weighted by Gasteiger charge is -2.02. The largest absolute Gasteiger partial charge is 0.361 e. The minimum atomic E-state index is -0.241. The normalized spacial score (nSPS) is 10.5. The number of hydrogen-bond acceptors (Lipinski definition) is 1. The monoisotopic (exact) mass is 250 g/mol. The Labute approximate surface area is 110 Å². The van der Waals surface area contributed by atoms with Crippen molar-refractivity contribution in [1.29, 1.82) is 5.26 Å². The van der Waals surface area contributed by atoms with Crippen LogP contribution in [0.25, 0.3) is 22.0 Å². The molecule has 2 nitrogen and oxygen atoms in total. The third-order valence-electron chi connectivity index (χ3n) is 3.19. The second kappa shape index (κ2) is 4.58. The number of rotatable bonds is 2. The molecule has 0 amide bonds. The summed E-state index contributed by atoms with van der Waals surface area (Å²) in [5.41, 5.74) is 3.76. The van der Waals surface area contributed by atoms with E-state index in [-0.39, 0.29) is 5.82 Å². The van der Waals surface area contributed by atoms with E-state index in [1.807, 2.05) is 30.5 Å². The molecule has 1 heterocycles. The van der Waals surface area contributed by atoms with E-state index >= 15 is 0 Å². The average molecular weight is 250 g/mol. The van der Waals surface area contributed by atoms with Crippen LogP contribution >= 0.6 is 0 Å². The molecule has 1 aromatic heterocycles. The number of aromatic nitrogens is 1. The molecule has 0 saturated heterocycles. The number of aromatic amines is 1. The first-order chi connectivity index (χ1) is 9.28. The minimum absolute atomic E-state index is 0.241. The molecule has 0 aliphatic heterocycles. The zero-order chi connectivity index (χ0) is 13.2. The van der Waals surface area contributed by atoms with Gasteiger partial charge in [0.2, 0.25) is 0 Å². The van der Waals surface area contributed by atoms with Crippen LogP contribution < -0.4 is 0 Å². The first-order valence-corrected chi connectivity index (χ1v) is 6.01. The number of halogens is 1.